The molecule has 13 nitrogen and oxygen atoms in total. The number of primary amides is 1. The normalized spacial score (nSPS) is 28.1. The van der Waals surface area contributed by atoms with Crippen LogP contribution in [0.2, 0.25) is 0 Å². The minimum absolute atomic E-state index is 0.0151. The molecule has 44 heavy (non-hydrogen) atoms. The fraction of sp³-hybridized carbons (Fsp3) is 0.355. The molecule has 2 amide bonds. The van der Waals surface area contributed by atoms with E-state index in [0.717, 1.165) is 0 Å². The van der Waals surface area contributed by atoms with Crippen molar-refractivity contribution in [3.8, 4) is 16.9 Å². The largest absolute Gasteiger partial charge is 0.508 e. The molecule has 4 aliphatic rings. The number of aliphatic hydroxyl groups is 3. The summed E-state index contributed by atoms with van der Waals surface area (Å²) >= 11 is 0. The lowest BCUT2D eigenvalue weighted by Gasteiger charge is -2.50. The number of Topliss-reactive ketones (excluding diaryl/α,β-unsaturated/α-hetero) is 2. The number of fused-ring (bicyclic) bond motifs is 3. The SMILES string of the molecule is CN(C)[C@H]1C(=O)C(C(N)=O)=C(O)[C@@]2(O)C(=O)C3=C(O)c4c(O)ccc(-c5cccc(NC(=O)C6CCNO6)c5)c4C[C@H]3C[C@@H]12. The third-order valence-corrected chi connectivity index (χ3v) is 9.07. The molecular formula is C31H32N4O9. The smallest absolute Gasteiger partial charge is 0.255 e. The van der Waals surface area contributed by atoms with Crippen molar-refractivity contribution in [2.24, 2.45) is 17.6 Å². The van der Waals surface area contributed by atoms with Gasteiger partial charge in [0.15, 0.2) is 17.5 Å². The predicted octanol–water partition coefficient (Wildman–Crippen LogP) is 0.863. The summed E-state index contributed by atoms with van der Waals surface area (Å²) in [5.41, 5.74) is 6.54. The fourth-order valence-corrected chi connectivity index (χ4v) is 7.09. The first kappa shape index (κ1) is 29.5. The molecule has 0 radical (unpaired) electrons. The highest BCUT2D eigenvalue weighted by Gasteiger charge is 2.64. The Morgan fingerprint density at radius 2 is 1.89 bits per heavy atom. The molecule has 5 atom stereocenters. The van der Waals surface area contributed by atoms with E-state index in [1.807, 2.05) is 0 Å². The minimum Gasteiger partial charge on any atom is -0.508 e. The number of carbonyl (C=O) groups is 4. The van der Waals surface area contributed by atoms with E-state index in [2.05, 4.69) is 10.8 Å². The lowest BCUT2D eigenvalue weighted by molar-refractivity contribution is -0.153. The first-order valence-electron chi connectivity index (χ1n) is 14.2. The number of hydrogen-bond donors (Lipinski definition) is 7. The Morgan fingerprint density at radius 3 is 2.55 bits per heavy atom. The Morgan fingerprint density at radius 1 is 1.14 bits per heavy atom. The molecule has 13 heteroatoms. The molecule has 8 N–H and O–H groups in total. The lowest BCUT2D eigenvalue weighted by Crippen LogP contribution is -2.65. The van der Waals surface area contributed by atoms with E-state index in [-0.39, 0.29) is 35.6 Å². The standard InChI is InChI=1S/C31H32N4O9/c1-35(2)24-18-12-14-11-17-16(13-4-3-5-15(10-13)34-30(42)20-8-9-33-44-20)6-7-19(36)22(17)25(37)21(14)27(39)31(18,43)28(40)23(26(24)38)29(32)41/h3-7,10,14,18,20,24,33,36-37,40,43H,8-9,11-12H2,1-2H3,(H2,32,41)(H,34,42)/t14-,18-,20?,24+,31-/m0/s1. The van der Waals surface area contributed by atoms with Gasteiger partial charge in [-0.05, 0) is 74.2 Å². The molecule has 2 fully saturated rings. The number of phenols is 1. The van der Waals surface area contributed by atoms with Gasteiger partial charge in [0, 0.05) is 23.7 Å². The summed E-state index contributed by atoms with van der Waals surface area (Å²) in [6.07, 6.45) is 0.0101. The highest BCUT2D eigenvalue weighted by atomic mass is 16.7. The zero-order valence-corrected chi connectivity index (χ0v) is 24.0. The van der Waals surface area contributed by atoms with Crippen LogP contribution >= 0.6 is 0 Å². The maximum Gasteiger partial charge on any atom is 0.255 e. The van der Waals surface area contributed by atoms with Crippen LogP contribution in [0.1, 0.15) is 24.0 Å². The summed E-state index contributed by atoms with van der Waals surface area (Å²) in [4.78, 5) is 58.8. The number of carbonyl (C=O) groups excluding carboxylic acids is 4. The van der Waals surface area contributed by atoms with Crippen LogP contribution in [-0.2, 0) is 30.4 Å². The molecule has 3 aliphatic carbocycles. The summed E-state index contributed by atoms with van der Waals surface area (Å²) in [7, 11) is 3.09. The van der Waals surface area contributed by atoms with E-state index in [0.29, 0.717) is 35.3 Å². The zero-order chi connectivity index (χ0) is 31.7. The number of amides is 2. The van der Waals surface area contributed by atoms with Crippen LogP contribution < -0.4 is 16.5 Å². The van der Waals surface area contributed by atoms with Crippen molar-refractivity contribution in [3.05, 3.63) is 64.4 Å². The average Bonchev–Trinajstić information content (AvgIpc) is 3.50. The molecule has 1 saturated carbocycles. The lowest BCUT2D eigenvalue weighted by atomic mass is 9.57. The molecule has 6 rings (SSSR count). The third kappa shape index (κ3) is 4.31. The van der Waals surface area contributed by atoms with Crippen molar-refractivity contribution in [1.29, 1.82) is 0 Å². The molecule has 0 aromatic heterocycles. The summed E-state index contributed by atoms with van der Waals surface area (Å²) in [5.74, 6) is -7.40. The van der Waals surface area contributed by atoms with E-state index >= 15 is 0 Å². The molecule has 1 unspecified atom stereocenters. The van der Waals surface area contributed by atoms with Crippen molar-refractivity contribution in [3.63, 3.8) is 0 Å². The van der Waals surface area contributed by atoms with Gasteiger partial charge >= 0.3 is 0 Å². The first-order valence-corrected chi connectivity index (χ1v) is 14.2. The molecule has 2 aromatic carbocycles. The van der Waals surface area contributed by atoms with Crippen LogP contribution in [0.15, 0.2) is 53.3 Å². The predicted molar refractivity (Wildman–Crippen MR) is 156 cm³/mol. The number of nitrogens with two attached hydrogens (primary N) is 1. The molecular weight excluding hydrogens is 572 g/mol. The summed E-state index contributed by atoms with van der Waals surface area (Å²) in [6.45, 7) is 0.560. The Kier molecular flexibility index (Phi) is 7.08. The van der Waals surface area contributed by atoms with Crippen molar-refractivity contribution < 1.29 is 44.4 Å². The number of rotatable bonds is 5. The van der Waals surface area contributed by atoms with Gasteiger partial charge in [0.2, 0.25) is 5.78 Å². The molecule has 1 saturated heterocycles. The van der Waals surface area contributed by atoms with Gasteiger partial charge in [-0.1, -0.05) is 18.2 Å². The van der Waals surface area contributed by atoms with Crippen molar-refractivity contribution in [2.75, 3.05) is 26.0 Å². The number of hydrogen-bond acceptors (Lipinski definition) is 11. The van der Waals surface area contributed by atoms with Gasteiger partial charge in [-0.15, -0.1) is 0 Å². The number of nitrogens with one attached hydrogen (secondary N) is 2. The van der Waals surface area contributed by atoms with Gasteiger partial charge < -0.3 is 31.5 Å². The second kappa shape index (κ2) is 10.6. The molecule has 0 spiro atoms. The van der Waals surface area contributed by atoms with Crippen molar-refractivity contribution in [2.45, 2.75) is 37.0 Å². The van der Waals surface area contributed by atoms with Gasteiger partial charge in [0.05, 0.1) is 11.6 Å². The minimum atomic E-state index is -2.71. The number of benzene rings is 2. The quantitative estimate of drug-likeness (QED) is 0.238. The Bertz CT molecular complexity index is 1690. The average molecular weight is 605 g/mol. The van der Waals surface area contributed by atoms with Gasteiger partial charge in [-0.3, -0.25) is 28.9 Å². The van der Waals surface area contributed by atoms with Crippen LogP contribution in [0.3, 0.4) is 0 Å². The summed E-state index contributed by atoms with van der Waals surface area (Å²) in [5, 5.41) is 48.0. The van der Waals surface area contributed by atoms with Gasteiger partial charge in [0.1, 0.15) is 22.8 Å². The number of likely N-dealkylation sites (N-methyl/N-ethyl adjacent to an activating group) is 1. The number of aliphatic hydroxyl groups excluding tert-OH is 2. The number of phenolic OH excluding ortho intramolecular Hbond substituents is 1. The van der Waals surface area contributed by atoms with Crippen LogP contribution in [0.25, 0.3) is 16.9 Å². The van der Waals surface area contributed by atoms with Crippen molar-refractivity contribution >= 4 is 34.8 Å². The molecule has 1 heterocycles. The topological polar surface area (TPSA) is 212 Å². The van der Waals surface area contributed by atoms with Crippen LogP contribution in [-0.4, -0.2) is 87.1 Å². The zero-order valence-electron chi connectivity index (χ0n) is 24.0. The Hall–Kier alpha value is -4.56. The maximum atomic E-state index is 14.0. The van der Waals surface area contributed by atoms with Crippen LogP contribution in [0.4, 0.5) is 5.69 Å². The molecule has 230 valence electrons. The maximum absolute atomic E-state index is 14.0. The monoisotopic (exact) mass is 604 g/mol. The fourth-order valence-electron chi connectivity index (χ4n) is 7.09. The van der Waals surface area contributed by atoms with E-state index in [9.17, 15) is 39.6 Å². The van der Waals surface area contributed by atoms with E-state index in [1.54, 1.807) is 44.4 Å². The van der Waals surface area contributed by atoms with E-state index in [1.165, 1.54) is 11.0 Å². The van der Waals surface area contributed by atoms with Gasteiger partial charge in [0.25, 0.3) is 11.8 Å². The Balaban J connectivity index is 1.45. The second-order valence-electron chi connectivity index (χ2n) is 11.8. The van der Waals surface area contributed by atoms with Gasteiger partial charge in [-0.25, -0.2) is 5.48 Å². The number of ketones is 2. The molecule has 1 aliphatic heterocycles. The van der Waals surface area contributed by atoms with Crippen molar-refractivity contribution in [1.82, 2.24) is 10.4 Å². The van der Waals surface area contributed by atoms with Gasteiger partial charge in [-0.2, -0.15) is 0 Å². The summed E-state index contributed by atoms with van der Waals surface area (Å²) in [6, 6.07) is 8.86. The molecule has 0 bridgehead atoms. The van der Waals surface area contributed by atoms with E-state index < -0.39 is 64.1 Å². The van der Waals surface area contributed by atoms with Crippen LogP contribution in [0.5, 0.6) is 5.75 Å². The van der Waals surface area contributed by atoms with Crippen LogP contribution in [0, 0.1) is 11.8 Å². The number of nitrogens with zero attached hydrogens (tertiary/aromatic N) is 1. The highest BCUT2D eigenvalue weighted by Crippen LogP contribution is 2.53. The second-order valence-corrected chi connectivity index (χ2v) is 11.8. The number of aromatic hydroxyl groups is 1. The summed E-state index contributed by atoms with van der Waals surface area (Å²) < 4.78 is 0. The highest BCUT2D eigenvalue weighted by molar-refractivity contribution is 6.24. The number of hydroxylamine groups is 1. The first-order chi connectivity index (χ1) is 20.9. The Labute approximate surface area is 251 Å². The number of anilines is 1. The molecule has 2 aromatic rings. The third-order valence-electron chi connectivity index (χ3n) is 9.07. The van der Waals surface area contributed by atoms with E-state index in [4.69, 9.17) is 10.6 Å².